The topological polar surface area (TPSA) is 111 Å². The second-order valence-corrected chi connectivity index (χ2v) is 5.03. The molecule has 1 atom stereocenters. The maximum atomic E-state index is 12.2. The van der Waals surface area contributed by atoms with Crippen molar-refractivity contribution >= 4 is 28.9 Å². The third-order valence-corrected chi connectivity index (χ3v) is 3.21. The van der Waals surface area contributed by atoms with Crippen molar-refractivity contribution in [2.75, 3.05) is 13.2 Å². The molecule has 1 amide bonds. The summed E-state index contributed by atoms with van der Waals surface area (Å²) < 4.78 is 0. The average molecular weight is 339 g/mol. The van der Waals surface area contributed by atoms with Gasteiger partial charge in [-0.25, -0.2) is 0 Å². The van der Waals surface area contributed by atoms with E-state index in [9.17, 15) is 19.7 Å². The molecular weight excluding hydrogens is 322 g/mol. The van der Waals surface area contributed by atoms with Crippen LogP contribution < -0.4 is 10.6 Å². The number of carbonyl (C=O) groups excluding carboxylic acids is 2. The number of hydrogen-bond donors (Lipinski definition) is 2. The molecule has 0 aromatic heterocycles. The molecule has 0 bridgehead atoms. The molecule has 0 spiro atoms. The fourth-order valence-electron chi connectivity index (χ4n) is 1.80. The second-order valence-electron chi connectivity index (χ2n) is 4.59. The Bertz CT molecular complexity index is 579. The molecule has 0 saturated carbocycles. The Balaban J connectivity index is 2.61. The number of nitrogens with zero attached hydrogens (tertiary/aromatic N) is 1. The second kappa shape index (κ2) is 9.46. The van der Waals surface area contributed by atoms with Crippen molar-refractivity contribution in [2.24, 2.45) is 0 Å². The average Bonchev–Trinajstić information content (AvgIpc) is 2.50. The van der Waals surface area contributed by atoms with Gasteiger partial charge in [-0.3, -0.25) is 9.59 Å². The predicted molar refractivity (Wildman–Crippen MR) is 86.5 cm³/mol. The largest absolute Gasteiger partial charge is 0.376 e. The first-order chi connectivity index (χ1) is 10.9. The third kappa shape index (κ3) is 7.32. The summed E-state index contributed by atoms with van der Waals surface area (Å²) in [6.07, 6.45) is -0.00841. The molecule has 9 heteroatoms. The van der Waals surface area contributed by atoms with E-state index in [1.807, 2.05) is 0 Å². The fourth-order valence-corrected chi connectivity index (χ4v) is 2.04. The minimum atomic E-state index is -0.908. The van der Waals surface area contributed by atoms with E-state index in [0.717, 1.165) is 0 Å². The van der Waals surface area contributed by atoms with Crippen LogP contribution in [0.4, 0.5) is 0 Å². The SMILES string of the molecule is CC(=O)NC(CC(=O)c1ccccc1)C(=S)NCCO[N+](=O)[O-]. The molecule has 0 aliphatic carbocycles. The summed E-state index contributed by atoms with van der Waals surface area (Å²) in [4.78, 5) is 37.9. The Morgan fingerprint density at radius 1 is 1.35 bits per heavy atom. The van der Waals surface area contributed by atoms with Crippen LogP contribution in [-0.2, 0) is 9.63 Å². The van der Waals surface area contributed by atoms with Crippen molar-refractivity contribution in [3.63, 3.8) is 0 Å². The van der Waals surface area contributed by atoms with Crippen molar-refractivity contribution in [2.45, 2.75) is 19.4 Å². The predicted octanol–water partition coefficient (Wildman–Crippen LogP) is 0.889. The van der Waals surface area contributed by atoms with Crippen LogP contribution in [0.1, 0.15) is 23.7 Å². The maximum Gasteiger partial charge on any atom is 0.294 e. The minimum Gasteiger partial charge on any atom is -0.376 e. The van der Waals surface area contributed by atoms with Crippen molar-refractivity contribution in [1.82, 2.24) is 10.6 Å². The van der Waals surface area contributed by atoms with E-state index in [4.69, 9.17) is 12.2 Å². The molecule has 124 valence electrons. The summed E-state index contributed by atoms with van der Waals surface area (Å²) in [6, 6.07) is 7.94. The number of ketones is 1. The smallest absolute Gasteiger partial charge is 0.294 e. The van der Waals surface area contributed by atoms with Crippen LogP contribution in [0.25, 0.3) is 0 Å². The highest BCUT2D eigenvalue weighted by Crippen LogP contribution is 2.06. The number of nitrogens with one attached hydrogen (secondary N) is 2. The van der Waals surface area contributed by atoms with Crippen LogP contribution in [0.3, 0.4) is 0 Å². The Kier molecular flexibility index (Phi) is 7.61. The Morgan fingerprint density at radius 2 is 2.00 bits per heavy atom. The summed E-state index contributed by atoms with van der Waals surface area (Å²) in [5, 5.41) is 14.5. The van der Waals surface area contributed by atoms with Gasteiger partial charge in [0.2, 0.25) is 5.91 Å². The summed E-state index contributed by atoms with van der Waals surface area (Å²) in [5.41, 5.74) is 0.516. The van der Waals surface area contributed by atoms with Gasteiger partial charge in [-0.1, -0.05) is 42.5 Å². The molecule has 1 rings (SSSR count). The minimum absolute atomic E-state index is 0.00841. The number of thiocarbonyl (C=S) groups is 1. The van der Waals surface area contributed by atoms with Gasteiger partial charge in [-0.15, -0.1) is 10.1 Å². The first-order valence-electron chi connectivity index (χ1n) is 6.80. The number of benzene rings is 1. The molecule has 8 nitrogen and oxygen atoms in total. The number of amides is 1. The highest BCUT2D eigenvalue weighted by molar-refractivity contribution is 7.80. The van der Waals surface area contributed by atoms with E-state index in [0.29, 0.717) is 5.56 Å². The molecule has 0 fully saturated rings. The van der Waals surface area contributed by atoms with Gasteiger partial charge in [-0.05, 0) is 0 Å². The highest BCUT2D eigenvalue weighted by Gasteiger charge is 2.20. The van der Waals surface area contributed by atoms with E-state index in [-0.39, 0.29) is 36.3 Å². The lowest BCUT2D eigenvalue weighted by molar-refractivity contribution is -0.757. The number of carbonyl (C=O) groups is 2. The van der Waals surface area contributed by atoms with Crippen LogP contribution in [-0.4, -0.2) is 41.0 Å². The van der Waals surface area contributed by atoms with Gasteiger partial charge in [0.25, 0.3) is 5.09 Å². The van der Waals surface area contributed by atoms with Gasteiger partial charge < -0.3 is 15.5 Å². The molecule has 2 N–H and O–H groups in total. The zero-order chi connectivity index (χ0) is 17.2. The van der Waals surface area contributed by atoms with Crippen LogP contribution in [0.2, 0.25) is 0 Å². The molecular formula is C14H17N3O5S. The summed E-state index contributed by atoms with van der Waals surface area (Å²) in [6.45, 7) is 1.22. The Labute approximate surface area is 138 Å². The van der Waals surface area contributed by atoms with Gasteiger partial charge in [0.15, 0.2) is 5.78 Å². The lowest BCUT2D eigenvalue weighted by Crippen LogP contribution is -2.46. The molecule has 0 aliphatic heterocycles. The summed E-state index contributed by atoms with van der Waals surface area (Å²) in [7, 11) is 0. The van der Waals surface area contributed by atoms with E-state index < -0.39 is 11.1 Å². The van der Waals surface area contributed by atoms with E-state index >= 15 is 0 Å². The monoisotopic (exact) mass is 339 g/mol. The molecule has 1 aromatic rings. The van der Waals surface area contributed by atoms with Crippen LogP contribution >= 0.6 is 12.2 Å². The molecule has 0 aliphatic rings. The quantitative estimate of drug-likeness (QED) is 0.226. The standard InChI is InChI=1S/C14H17N3O5S/c1-10(18)16-12(14(23)15-7-8-22-17(20)21)9-13(19)11-5-3-2-4-6-11/h2-6,12H,7-9H2,1H3,(H,15,23)(H,16,18). The van der Waals surface area contributed by atoms with E-state index in [1.54, 1.807) is 30.3 Å². The lowest BCUT2D eigenvalue weighted by Gasteiger charge is -2.19. The van der Waals surface area contributed by atoms with Crippen LogP contribution in [0.5, 0.6) is 0 Å². The summed E-state index contributed by atoms with van der Waals surface area (Å²) in [5.74, 6) is -0.503. The van der Waals surface area contributed by atoms with Crippen molar-refractivity contribution < 1.29 is 19.5 Å². The molecule has 0 radical (unpaired) electrons. The van der Waals surface area contributed by atoms with Crippen LogP contribution in [0.15, 0.2) is 30.3 Å². The lowest BCUT2D eigenvalue weighted by atomic mass is 10.0. The Morgan fingerprint density at radius 3 is 2.57 bits per heavy atom. The number of Topliss-reactive ketones (excluding diaryl/α,β-unsaturated/α-hetero) is 1. The first kappa shape index (κ1) is 18.5. The molecule has 1 aromatic carbocycles. The molecule has 1 unspecified atom stereocenters. The van der Waals surface area contributed by atoms with Gasteiger partial charge in [0, 0.05) is 25.5 Å². The molecule has 0 heterocycles. The van der Waals surface area contributed by atoms with E-state index in [1.165, 1.54) is 6.92 Å². The van der Waals surface area contributed by atoms with Crippen molar-refractivity contribution in [1.29, 1.82) is 0 Å². The zero-order valence-corrected chi connectivity index (χ0v) is 13.3. The number of rotatable bonds is 9. The zero-order valence-electron chi connectivity index (χ0n) is 12.5. The van der Waals surface area contributed by atoms with E-state index in [2.05, 4.69) is 15.5 Å². The summed E-state index contributed by atoms with van der Waals surface area (Å²) >= 11 is 5.14. The van der Waals surface area contributed by atoms with Crippen molar-refractivity contribution in [3.8, 4) is 0 Å². The fraction of sp³-hybridized carbons (Fsp3) is 0.357. The maximum absolute atomic E-state index is 12.2. The van der Waals surface area contributed by atoms with Gasteiger partial charge in [0.05, 0.1) is 11.0 Å². The highest BCUT2D eigenvalue weighted by atomic mass is 32.1. The first-order valence-corrected chi connectivity index (χ1v) is 7.21. The van der Waals surface area contributed by atoms with Gasteiger partial charge in [-0.2, -0.15) is 0 Å². The molecule has 23 heavy (non-hydrogen) atoms. The molecule has 0 saturated heterocycles. The van der Waals surface area contributed by atoms with Crippen LogP contribution in [0, 0.1) is 10.1 Å². The number of hydrogen-bond acceptors (Lipinski definition) is 6. The third-order valence-electron chi connectivity index (χ3n) is 2.78. The van der Waals surface area contributed by atoms with Crippen molar-refractivity contribution in [3.05, 3.63) is 46.0 Å². The van der Waals surface area contributed by atoms with Gasteiger partial charge >= 0.3 is 0 Å². The normalized spacial score (nSPS) is 11.2. The van der Waals surface area contributed by atoms with Gasteiger partial charge in [0.1, 0.15) is 6.61 Å². The Hall–Kier alpha value is -2.55.